The monoisotopic (exact) mass is 301 g/mol. The van der Waals surface area contributed by atoms with Gasteiger partial charge in [-0.3, -0.25) is 4.90 Å². The van der Waals surface area contributed by atoms with E-state index in [0.29, 0.717) is 5.96 Å². The fourth-order valence-electron chi connectivity index (χ4n) is 2.77. The van der Waals surface area contributed by atoms with E-state index in [-0.39, 0.29) is 12.1 Å². The van der Waals surface area contributed by atoms with Gasteiger partial charge in [0, 0.05) is 5.69 Å². The lowest BCUT2D eigenvalue weighted by Crippen LogP contribution is -2.48. The van der Waals surface area contributed by atoms with Crippen molar-refractivity contribution < 1.29 is 0 Å². The molecule has 0 aliphatic carbocycles. The van der Waals surface area contributed by atoms with Gasteiger partial charge in [0.15, 0.2) is 0 Å². The molecule has 0 spiro atoms. The standard InChI is InChI=1S/C17H27N5/c1-3-4-5-6-7-11-15-20-16(18)21-17(19)22(15)14-10-8-9-13(2)12-14/h8-10,12,15H,3-7,11H2,1-2H3,(H4,18,19,20,21)/t15-/m1/s1. The highest BCUT2D eigenvalue weighted by atomic mass is 15.4. The predicted octanol–water partition coefficient (Wildman–Crippen LogP) is 3.13. The summed E-state index contributed by atoms with van der Waals surface area (Å²) in [6, 6.07) is 8.23. The quantitative estimate of drug-likeness (QED) is 0.759. The molecule has 1 heterocycles. The van der Waals surface area contributed by atoms with Crippen LogP contribution >= 0.6 is 0 Å². The van der Waals surface area contributed by atoms with E-state index in [9.17, 15) is 0 Å². The summed E-state index contributed by atoms with van der Waals surface area (Å²) < 4.78 is 0. The van der Waals surface area contributed by atoms with Crippen molar-refractivity contribution in [1.29, 1.82) is 0 Å². The van der Waals surface area contributed by atoms with Crippen LogP contribution in [-0.4, -0.2) is 18.1 Å². The number of unbranched alkanes of at least 4 members (excludes halogenated alkanes) is 4. The molecule has 1 atom stereocenters. The van der Waals surface area contributed by atoms with E-state index < -0.39 is 0 Å². The molecule has 0 radical (unpaired) electrons. The van der Waals surface area contributed by atoms with Crippen LogP contribution in [0, 0.1) is 6.92 Å². The summed E-state index contributed by atoms with van der Waals surface area (Å²) >= 11 is 0. The molecule has 4 N–H and O–H groups in total. The highest BCUT2D eigenvalue weighted by molar-refractivity contribution is 6.04. The van der Waals surface area contributed by atoms with E-state index in [1.807, 2.05) is 17.0 Å². The number of hydrogen-bond acceptors (Lipinski definition) is 5. The smallest absolute Gasteiger partial charge is 0.220 e. The third kappa shape index (κ3) is 4.23. The van der Waals surface area contributed by atoms with Crippen molar-refractivity contribution in [3.63, 3.8) is 0 Å². The van der Waals surface area contributed by atoms with E-state index in [4.69, 9.17) is 11.5 Å². The largest absolute Gasteiger partial charge is 0.369 e. The van der Waals surface area contributed by atoms with Crippen LogP contribution in [0.15, 0.2) is 34.3 Å². The Labute approximate surface area is 133 Å². The summed E-state index contributed by atoms with van der Waals surface area (Å²) in [5.74, 6) is 0.705. The van der Waals surface area contributed by atoms with Gasteiger partial charge in [-0.2, -0.15) is 4.99 Å². The van der Waals surface area contributed by atoms with Gasteiger partial charge in [0.05, 0.1) is 0 Å². The molecule has 1 aliphatic rings. The maximum absolute atomic E-state index is 6.11. The molecule has 0 fully saturated rings. The average molecular weight is 301 g/mol. The number of rotatable bonds is 7. The molecular weight excluding hydrogens is 274 g/mol. The number of nitrogens with zero attached hydrogens (tertiary/aromatic N) is 3. The molecule has 0 saturated heterocycles. The zero-order valence-electron chi connectivity index (χ0n) is 13.6. The molecule has 0 amide bonds. The molecule has 120 valence electrons. The Morgan fingerprint density at radius 1 is 1.14 bits per heavy atom. The van der Waals surface area contributed by atoms with Gasteiger partial charge in [-0.05, 0) is 37.5 Å². The summed E-state index contributed by atoms with van der Waals surface area (Å²) in [4.78, 5) is 10.6. The number of aliphatic imine (C=N–C) groups is 2. The van der Waals surface area contributed by atoms with Gasteiger partial charge in [-0.15, -0.1) is 0 Å². The lowest BCUT2D eigenvalue weighted by atomic mass is 10.1. The Balaban J connectivity index is 2.08. The van der Waals surface area contributed by atoms with Crippen molar-refractivity contribution >= 4 is 17.6 Å². The van der Waals surface area contributed by atoms with Crippen LogP contribution < -0.4 is 16.4 Å². The third-order valence-electron chi connectivity index (χ3n) is 3.90. The van der Waals surface area contributed by atoms with E-state index in [2.05, 4.69) is 36.0 Å². The molecule has 1 aromatic carbocycles. The zero-order chi connectivity index (χ0) is 15.9. The fourth-order valence-corrected chi connectivity index (χ4v) is 2.77. The van der Waals surface area contributed by atoms with Crippen molar-refractivity contribution in [2.75, 3.05) is 4.90 Å². The van der Waals surface area contributed by atoms with E-state index in [0.717, 1.165) is 18.5 Å². The maximum Gasteiger partial charge on any atom is 0.220 e. The van der Waals surface area contributed by atoms with Gasteiger partial charge >= 0.3 is 0 Å². The molecule has 5 nitrogen and oxygen atoms in total. The number of aryl methyl sites for hydroxylation is 1. The number of nitrogens with two attached hydrogens (primary N) is 2. The first-order chi connectivity index (χ1) is 10.6. The van der Waals surface area contributed by atoms with Crippen LogP contribution in [0.25, 0.3) is 0 Å². The van der Waals surface area contributed by atoms with Gasteiger partial charge in [-0.1, -0.05) is 44.7 Å². The van der Waals surface area contributed by atoms with E-state index in [1.54, 1.807) is 0 Å². The minimum absolute atomic E-state index is 0.0547. The molecule has 1 aliphatic heterocycles. The second-order valence-corrected chi connectivity index (χ2v) is 5.85. The van der Waals surface area contributed by atoms with E-state index in [1.165, 1.54) is 31.2 Å². The molecular formula is C17H27N5. The summed E-state index contributed by atoms with van der Waals surface area (Å²) in [7, 11) is 0. The lowest BCUT2D eigenvalue weighted by Gasteiger charge is -2.32. The highest BCUT2D eigenvalue weighted by Gasteiger charge is 2.25. The first-order valence-electron chi connectivity index (χ1n) is 8.15. The lowest BCUT2D eigenvalue weighted by molar-refractivity contribution is 0.546. The number of benzene rings is 1. The van der Waals surface area contributed by atoms with Crippen molar-refractivity contribution in [1.82, 2.24) is 0 Å². The van der Waals surface area contributed by atoms with Gasteiger partial charge in [-0.25, -0.2) is 4.99 Å². The third-order valence-corrected chi connectivity index (χ3v) is 3.90. The van der Waals surface area contributed by atoms with Crippen LogP contribution in [0.1, 0.15) is 51.0 Å². The molecule has 0 bridgehead atoms. The Morgan fingerprint density at radius 2 is 1.91 bits per heavy atom. The van der Waals surface area contributed by atoms with Crippen LogP contribution in [0.5, 0.6) is 0 Å². The van der Waals surface area contributed by atoms with Gasteiger partial charge < -0.3 is 11.5 Å². The Bertz CT molecular complexity index is 550. The summed E-state index contributed by atoms with van der Waals surface area (Å²) in [5, 5.41) is 0. The number of hydrogen-bond donors (Lipinski definition) is 2. The van der Waals surface area contributed by atoms with Crippen LogP contribution in [0.2, 0.25) is 0 Å². The molecule has 5 heteroatoms. The zero-order valence-corrected chi connectivity index (χ0v) is 13.6. The fraction of sp³-hybridized carbons (Fsp3) is 0.529. The van der Waals surface area contributed by atoms with Crippen LogP contribution in [-0.2, 0) is 0 Å². The summed E-state index contributed by atoms with van der Waals surface area (Å²) in [6.45, 7) is 4.29. The summed E-state index contributed by atoms with van der Waals surface area (Å²) in [5.41, 5.74) is 14.1. The predicted molar refractivity (Wildman–Crippen MR) is 94.1 cm³/mol. The van der Waals surface area contributed by atoms with Crippen molar-refractivity contribution in [3.05, 3.63) is 29.8 Å². The first kappa shape index (κ1) is 16.3. The first-order valence-corrected chi connectivity index (χ1v) is 8.15. The normalized spacial score (nSPS) is 18.1. The molecule has 0 unspecified atom stereocenters. The minimum atomic E-state index is -0.0547. The molecule has 1 aromatic rings. The summed E-state index contributed by atoms with van der Waals surface area (Å²) in [6.07, 6.45) is 7.05. The topological polar surface area (TPSA) is 80.0 Å². The van der Waals surface area contributed by atoms with Crippen LogP contribution in [0.4, 0.5) is 5.69 Å². The average Bonchev–Trinajstić information content (AvgIpc) is 2.46. The van der Waals surface area contributed by atoms with Crippen molar-refractivity contribution in [2.24, 2.45) is 21.5 Å². The van der Waals surface area contributed by atoms with Gasteiger partial charge in [0.25, 0.3) is 0 Å². The second kappa shape index (κ2) is 7.82. The molecule has 2 rings (SSSR count). The molecule has 22 heavy (non-hydrogen) atoms. The number of anilines is 1. The SMILES string of the molecule is CCCCCCC[C@@H]1N=C(N)N=C(N)N1c1cccc(C)c1. The van der Waals surface area contributed by atoms with Crippen molar-refractivity contribution in [3.8, 4) is 0 Å². The Hall–Kier alpha value is -2.04. The van der Waals surface area contributed by atoms with Crippen LogP contribution in [0.3, 0.4) is 0 Å². The van der Waals surface area contributed by atoms with Gasteiger partial charge in [0.1, 0.15) is 6.17 Å². The van der Waals surface area contributed by atoms with Gasteiger partial charge in [0.2, 0.25) is 11.9 Å². The molecule has 0 aromatic heterocycles. The maximum atomic E-state index is 6.11. The minimum Gasteiger partial charge on any atom is -0.369 e. The second-order valence-electron chi connectivity index (χ2n) is 5.85. The van der Waals surface area contributed by atoms with E-state index >= 15 is 0 Å². The Kier molecular flexibility index (Phi) is 5.81. The Morgan fingerprint density at radius 3 is 2.64 bits per heavy atom. The highest BCUT2D eigenvalue weighted by Crippen LogP contribution is 2.24. The number of guanidine groups is 2. The molecule has 0 saturated carbocycles. The van der Waals surface area contributed by atoms with Crippen molar-refractivity contribution in [2.45, 2.75) is 58.5 Å².